The molecular formula is C14H19FN4O. The Morgan fingerprint density at radius 1 is 1.60 bits per heavy atom. The van der Waals surface area contributed by atoms with Gasteiger partial charge in [0.2, 0.25) is 5.91 Å². The standard InChI is InChI=1S/C14H19FN4O/c1-10(5-7-16)19(2)8-6-14(20)18-11-3-4-12(15)13(17)9-11/h3-4,9-10H,5-6,8,17H2,1-2H3,(H,18,20). The summed E-state index contributed by atoms with van der Waals surface area (Å²) in [5.74, 6) is -0.680. The van der Waals surface area contributed by atoms with Gasteiger partial charge in [-0.2, -0.15) is 5.26 Å². The second kappa shape index (κ2) is 7.46. The first kappa shape index (κ1) is 15.9. The normalized spacial score (nSPS) is 11.9. The molecule has 1 unspecified atom stereocenters. The summed E-state index contributed by atoms with van der Waals surface area (Å²) in [4.78, 5) is 13.7. The van der Waals surface area contributed by atoms with E-state index >= 15 is 0 Å². The lowest BCUT2D eigenvalue weighted by molar-refractivity contribution is -0.116. The molecular weight excluding hydrogens is 259 g/mol. The Kier molecular flexibility index (Phi) is 5.94. The number of benzene rings is 1. The van der Waals surface area contributed by atoms with Gasteiger partial charge in [-0.1, -0.05) is 0 Å². The number of nitrogen functional groups attached to an aromatic ring is 1. The average Bonchev–Trinajstić information content (AvgIpc) is 2.40. The lowest BCUT2D eigenvalue weighted by Crippen LogP contribution is -2.31. The zero-order valence-corrected chi connectivity index (χ0v) is 11.7. The van der Waals surface area contributed by atoms with Gasteiger partial charge >= 0.3 is 0 Å². The van der Waals surface area contributed by atoms with Crippen LogP contribution in [0.1, 0.15) is 19.8 Å². The van der Waals surface area contributed by atoms with Crippen LogP contribution in [0.5, 0.6) is 0 Å². The molecule has 20 heavy (non-hydrogen) atoms. The van der Waals surface area contributed by atoms with Gasteiger partial charge in [0.15, 0.2) is 0 Å². The van der Waals surface area contributed by atoms with E-state index in [1.807, 2.05) is 18.9 Å². The van der Waals surface area contributed by atoms with E-state index in [0.717, 1.165) is 0 Å². The average molecular weight is 278 g/mol. The molecule has 0 aromatic heterocycles. The quantitative estimate of drug-likeness (QED) is 0.779. The van der Waals surface area contributed by atoms with Crippen LogP contribution in [0.3, 0.4) is 0 Å². The molecule has 0 fully saturated rings. The molecule has 108 valence electrons. The molecule has 0 heterocycles. The van der Waals surface area contributed by atoms with Gasteiger partial charge in [-0.25, -0.2) is 4.39 Å². The zero-order valence-electron chi connectivity index (χ0n) is 11.7. The molecule has 1 rings (SSSR count). The van der Waals surface area contributed by atoms with Crippen molar-refractivity contribution in [2.45, 2.75) is 25.8 Å². The Morgan fingerprint density at radius 3 is 2.90 bits per heavy atom. The summed E-state index contributed by atoms with van der Waals surface area (Å²) in [5.41, 5.74) is 5.90. The van der Waals surface area contributed by atoms with Gasteiger partial charge in [0, 0.05) is 24.7 Å². The SMILES string of the molecule is CC(CC#N)N(C)CCC(=O)Nc1ccc(F)c(N)c1. The van der Waals surface area contributed by atoms with Crippen LogP contribution in [0.15, 0.2) is 18.2 Å². The number of nitrogens with one attached hydrogen (secondary N) is 1. The van der Waals surface area contributed by atoms with Gasteiger partial charge in [-0.3, -0.25) is 4.79 Å². The Balaban J connectivity index is 2.44. The Morgan fingerprint density at radius 2 is 2.30 bits per heavy atom. The van der Waals surface area contributed by atoms with Crippen LogP contribution in [0, 0.1) is 17.1 Å². The molecule has 0 saturated carbocycles. The van der Waals surface area contributed by atoms with E-state index in [0.29, 0.717) is 25.1 Å². The van der Waals surface area contributed by atoms with Gasteiger partial charge in [-0.05, 0) is 32.2 Å². The minimum absolute atomic E-state index is 0.00237. The number of anilines is 2. The first-order valence-electron chi connectivity index (χ1n) is 6.36. The number of carbonyl (C=O) groups excluding carboxylic acids is 1. The van der Waals surface area contributed by atoms with Crippen LogP contribution < -0.4 is 11.1 Å². The summed E-state index contributed by atoms with van der Waals surface area (Å²) in [6.07, 6.45) is 0.718. The third-order valence-corrected chi connectivity index (χ3v) is 3.11. The molecule has 0 bridgehead atoms. The van der Waals surface area contributed by atoms with Crippen molar-refractivity contribution in [1.29, 1.82) is 5.26 Å². The van der Waals surface area contributed by atoms with Crippen molar-refractivity contribution in [3.05, 3.63) is 24.0 Å². The van der Waals surface area contributed by atoms with Crippen molar-refractivity contribution in [2.24, 2.45) is 0 Å². The van der Waals surface area contributed by atoms with Crippen LogP contribution in [-0.2, 0) is 4.79 Å². The predicted octanol–water partition coefficient (Wildman–Crippen LogP) is 1.97. The Bertz CT molecular complexity index is 512. The minimum Gasteiger partial charge on any atom is -0.396 e. The summed E-state index contributed by atoms with van der Waals surface area (Å²) >= 11 is 0. The largest absolute Gasteiger partial charge is 0.396 e. The summed E-state index contributed by atoms with van der Waals surface area (Å²) in [5, 5.41) is 11.3. The number of amides is 1. The lowest BCUT2D eigenvalue weighted by Gasteiger charge is -2.22. The fraction of sp³-hybridized carbons (Fsp3) is 0.429. The van der Waals surface area contributed by atoms with E-state index in [1.165, 1.54) is 18.2 Å². The van der Waals surface area contributed by atoms with Crippen molar-refractivity contribution in [3.8, 4) is 6.07 Å². The summed E-state index contributed by atoms with van der Waals surface area (Å²) in [6, 6.07) is 6.26. The highest BCUT2D eigenvalue weighted by atomic mass is 19.1. The van der Waals surface area contributed by atoms with E-state index < -0.39 is 5.82 Å². The number of hydrogen-bond acceptors (Lipinski definition) is 4. The van der Waals surface area contributed by atoms with E-state index in [2.05, 4.69) is 11.4 Å². The number of hydrogen-bond donors (Lipinski definition) is 2. The number of nitriles is 1. The molecule has 0 aliphatic heterocycles. The molecule has 0 saturated heterocycles. The molecule has 0 spiro atoms. The van der Waals surface area contributed by atoms with E-state index in [9.17, 15) is 9.18 Å². The fourth-order valence-electron chi connectivity index (χ4n) is 1.63. The third kappa shape index (κ3) is 4.86. The van der Waals surface area contributed by atoms with Crippen molar-refractivity contribution < 1.29 is 9.18 Å². The highest BCUT2D eigenvalue weighted by molar-refractivity contribution is 5.91. The first-order valence-corrected chi connectivity index (χ1v) is 6.36. The van der Waals surface area contributed by atoms with E-state index in [4.69, 9.17) is 11.0 Å². The van der Waals surface area contributed by atoms with Crippen LogP contribution in [0.4, 0.5) is 15.8 Å². The molecule has 5 nitrogen and oxygen atoms in total. The number of nitrogens with zero attached hydrogens (tertiary/aromatic N) is 2. The van der Waals surface area contributed by atoms with Crippen LogP contribution >= 0.6 is 0 Å². The number of halogens is 1. The molecule has 0 aliphatic rings. The van der Waals surface area contributed by atoms with Gasteiger partial charge < -0.3 is 16.0 Å². The smallest absolute Gasteiger partial charge is 0.225 e. The maximum Gasteiger partial charge on any atom is 0.225 e. The van der Waals surface area contributed by atoms with Gasteiger partial charge in [0.25, 0.3) is 0 Å². The highest BCUT2D eigenvalue weighted by Gasteiger charge is 2.11. The Labute approximate surface area is 118 Å². The summed E-state index contributed by atoms with van der Waals surface area (Å²) < 4.78 is 13.0. The van der Waals surface area contributed by atoms with E-state index in [-0.39, 0.29) is 17.6 Å². The number of rotatable bonds is 6. The first-order chi connectivity index (χ1) is 9.43. The lowest BCUT2D eigenvalue weighted by atomic mass is 10.2. The number of carbonyl (C=O) groups is 1. The molecule has 0 radical (unpaired) electrons. The maximum absolute atomic E-state index is 13.0. The second-order valence-corrected chi connectivity index (χ2v) is 4.73. The third-order valence-electron chi connectivity index (χ3n) is 3.11. The molecule has 3 N–H and O–H groups in total. The van der Waals surface area contributed by atoms with Crippen molar-refractivity contribution in [2.75, 3.05) is 24.6 Å². The van der Waals surface area contributed by atoms with E-state index in [1.54, 1.807) is 0 Å². The van der Waals surface area contributed by atoms with Crippen LogP contribution in [0.2, 0.25) is 0 Å². The molecule has 1 aromatic rings. The molecule has 1 aromatic carbocycles. The monoisotopic (exact) mass is 278 g/mol. The Hall–Kier alpha value is -2.13. The predicted molar refractivity (Wildman–Crippen MR) is 76.4 cm³/mol. The van der Waals surface area contributed by atoms with Crippen molar-refractivity contribution in [1.82, 2.24) is 4.90 Å². The maximum atomic E-state index is 13.0. The van der Waals surface area contributed by atoms with Gasteiger partial charge in [-0.15, -0.1) is 0 Å². The second-order valence-electron chi connectivity index (χ2n) is 4.73. The van der Waals surface area contributed by atoms with Crippen molar-refractivity contribution in [3.63, 3.8) is 0 Å². The molecule has 0 aliphatic carbocycles. The van der Waals surface area contributed by atoms with Gasteiger partial charge in [0.05, 0.1) is 18.2 Å². The van der Waals surface area contributed by atoms with Crippen LogP contribution in [-0.4, -0.2) is 30.4 Å². The summed E-state index contributed by atoms with van der Waals surface area (Å²) in [7, 11) is 1.87. The van der Waals surface area contributed by atoms with Crippen molar-refractivity contribution >= 4 is 17.3 Å². The highest BCUT2D eigenvalue weighted by Crippen LogP contribution is 2.16. The minimum atomic E-state index is -0.506. The van der Waals surface area contributed by atoms with Gasteiger partial charge in [0.1, 0.15) is 5.82 Å². The molecule has 6 heteroatoms. The molecule has 1 atom stereocenters. The number of nitrogens with two attached hydrogens (primary N) is 1. The summed E-state index contributed by atoms with van der Waals surface area (Å²) in [6.45, 7) is 2.48. The topological polar surface area (TPSA) is 82.2 Å². The fourth-order valence-corrected chi connectivity index (χ4v) is 1.63. The van der Waals surface area contributed by atoms with Crippen LogP contribution in [0.25, 0.3) is 0 Å². The zero-order chi connectivity index (χ0) is 15.1. The molecule has 1 amide bonds.